The van der Waals surface area contributed by atoms with Crippen LogP contribution in [0.4, 0.5) is 0 Å². The Hall–Kier alpha value is -0.970. The summed E-state index contributed by atoms with van der Waals surface area (Å²) in [6.45, 7) is 6.75. The van der Waals surface area contributed by atoms with Crippen molar-refractivity contribution in [1.82, 2.24) is 0 Å². The molecule has 0 saturated heterocycles. The molecule has 2 saturated carbocycles. The summed E-state index contributed by atoms with van der Waals surface area (Å²) in [6.07, 6.45) is 5.29. The van der Waals surface area contributed by atoms with Crippen LogP contribution in [0.15, 0.2) is 30.4 Å². The summed E-state index contributed by atoms with van der Waals surface area (Å²) >= 11 is 0.850. The number of aliphatic hydroxyl groups excluding tert-OH is 1. The van der Waals surface area contributed by atoms with E-state index >= 15 is 0 Å². The molecule has 23 heavy (non-hydrogen) atoms. The van der Waals surface area contributed by atoms with Crippen molar-refractivity contribution in [3.63, 3.8) is 0 Å². The van der Waals surface area contributed by atoms with E-state index in [0.29, 0.717) is 17.8 Å². The maximum Gasteiger partial charge on any atom is 0.140 e. The van der Waals surface area contributed by atoms with Crippen LogP contribution in [0.1, 0.15) is 62.2 Å². The molecule has 0 aromatic heterocycles. The van der Waals surface area contributed by atoms with Crippen LogP contribution in [-0.4, -0.2) is 5.11 Å². The van der Waals surface area contributed by atoms with Crippen LogP contribution >= 0.6 is 12.2 Å². The van der Waals surface area contributed by atoms with E-state index in [1.807, 2.05) is 12.1 Å². The third-order valence-corrected chi connectivity index (χ3v) is 7.14. The number of aliphatic hydroxyl groups is 1. The van der Waals surface area contributed by atoms with Crippen LogP contribution in [-0.2, 0) is 0 Å². The second-order valence-electron chi connectivity index (χ2n) is 7.70. The summed E-state index contributed by atoms with van der Waals surface area (Å²) < 4.78 is 5.33. The number of fused-ring (bicyclic) bond motifs is 5. The number of benzene rings is 1. The van der Waals surface area contributed by atoms with Gasteiger partial charge in [0.1, 0.15) is 18.0 Å². The SMILES string of the molecule is C=C1CCC2C3C[C@H](O)c4cc(OSN)ccc4C3CCC12C. The Morgan fingerprint density at radius 2 is 2.17 bits per heavy atom. The highest BCUT2D eigenvalue weighted by molar-refractivity contribution is 7.92. The molecule has 3 N–H and O–H groups in total. The predicted octanol–water partition coefficient (Wildman–Crippen LogP) is 4.49. The zero-order valence-corrected chi connectivity index (χ0v) is 14.4. The van der Waals surface area contributed by atoms with Gasteiger partial charge in [-0.25, -0.2) is 5.14 Å². The average Bonchev–Trinajstić information content (AvgIpc) is 2.84. The highest BCUT2D eigenvalue weighted by Crippen LogP contribution is 2.63. The molecule has 0 heterocycles. The lowest BCUT2D eigenvalue weighted by Gasteiger charge is -2.50. The standard InChI is InChI=1S/C19H25NO2S/c1-11-3-6-17-15-10-18(21)16-9-12(22-23-20)4-5-13(16)14(15)7-8-19(11,17)2/h4-5,9,14-15,17-18,21H,1,3,6-8,10,20H2,2H3/t14?,15?,17?,18-,19?/m0/s1. The summed E-state index contributed by atoms with van der Waals surface area (Å²) in [6, 6.07) is 6.10. The molecular formula is C19H25NO2S. The second-order valence-corrected chi connectivity index (χ2v) is 8.06. The maximum absolute atomic E-state index is 10.7. The molecule has 4 unspecified atom stereocenters. The summed E-state index contributed by atoms with van der Waals surface area (Å²) in [4.78, 5) is 0. The molecule has 0 bridgehead atoms. The Balaban J connectivity index is 1.71. The zero-order chi connectivity index (χ0) is 16.2. The molecule has 0 aliphatic heterocycles. The molecule has 1 aromatic carbocycles. The fourth-order valence-electron chi connectivity index (χ4n) is 5.58. The molecule has 124 valence electrons. The Bertz CT molecular complexity index is 646. The number of hydrogen-bond donors (Lipinski definition) is 2. The smallest absolute Gasteiger partial charge is 0.140 e. The lowest BCUT2D eigenvalue weighted by molar-refractivity contribution is 0.0307. The molecule has 0 radical (unpaired) electrons. The molecule has 4 heteroatoms. The number of hydrogen-bond acceptors (Lipinski definition) is 4. The van der Waals surface area contributed by atoms with Crippen LogP contribution in [0, 0.1) is 17.3 Å². The van der Waals surface area contributed by atoms with Crippen molar-refractivity contribution in [2.75, 3.05) is 0 Å². The fourth-order valence-corrected chi connectivity index (χ4v) is 5.80. The second kappa shape index (κ2) is 5.54. The van der Waals surface area contributed by atoms with Gasteiger partial charge in [0.2, 0.25) is 0 Å². The number of rotatable bonds is 2. The molecule has 4 rings (SSSR count). The Morgan fingerprint density at radius 3 is 2.96 bits per heavy atom. The van der Waals surface area contributed by atoms with Gasteiger partial charge in [-0.2, -0.15) is 0 Å². The van der Waals surface area contributed by atoms with Crippen molar-refractivity contribution in [2.45, 2.75) is 51.0 Å². The van der Waals surface area contributed by atoms with Crippen LogP contribution in [0.3, 0.4) is 0 Å². The molecule has 3 aliphatic rings. The van der Waals surface area contributed by atoms with Gasteiger partial charge in [0, 0.05) is 0 Å². The van der Waals surface area contributed by atoms with Crippen molar-refractivity contribution in [1.29, 1.82) is 0 Å². The lowest BCUT2D eigenvalue weighted by atomic mass is 9.55. The van der Waals surface area contributed by atoms with E-state index in [0.717, 1.165) is 36.4 Å². The van der Waals surface area contributed by atoms with Gasteiger partial charge in [0.25, 0.3) is 0 Å². The maximum atomic E-state index is 10.7. The molecule has 5 atom stereocenters. The third kappa shape index (κ3) is 2.26. The first-order chi connectivity index (χ1) is 11.0. The summed E-state index contributed by atoms with van der Waals surface area (Å²) in [5.74, 6) is 2.54. The fraction of sp³-hybridized carbons (Fsp3) is 0.579. The summed E-state index contributed by atoms with van der Waals surface area (Å²) in [7, 11) is 0. The van der Waals surface area contributed by atoms with E-state index < -0.39 is 6.10 Å². The number of allylic oxidation sites excluding steroid dienone is 1. The molecule has 2 fully saturated rings. The minimum atomic E-state index is -0.395. The van der Waals surface area contributed by atoms with Crippen molar-refractivity contribution in [3.05, 3.63) is 41.5 Å². The first-order valence-electron chi connectivity index (χ1n) is 8.58. The normalized spacial score (nSPS) is 38.7. The van der Waals surface area contributed by atoms with E-state index in [2.05, 4.69) is 19.6 Å². The Kier molecular flexibility index (Phi) is 3.74. The van der Waals surface area contributed by atoms with E-state index in [1.165, 1.54) is 30.4 Å². The van der Waals surface area contributed by atoms with Gasteiger partial charge in [-0.05, 0) is 78.5 Å². The Labute approximate surface area is 142 Å². The topological polar surface area (TPSA) is 55.5 Å². The molecule has 0 amide bonds. The minimum Gasteiger partial charge on any atom is -0.410 e. The van der Waals surface area contributed by atoms with E-state index in [-0.39, 0.29) is 5.41 Å². The van der Waals surface area contributed by atoms with Gasteiger partial charge in [-0.3, -0.25) is 0 Å². The molecule has 3 nitrogen and oxygen atoms in total. The Morgan fingerprint density at radius 1 is 1.35 bits per heavy atom. The van der Waals surface area contributed by atoms with Gasteiger partial charge < -0.3 is 9.29 Å². The average molecular weight is 331 g/mol. The first kappa shape index (κ1) is 15.6. The lowest BCUT2D eigenvalue weighted by Crippen LogP contribution is -2.41. The van der Waals surface area contributed by atoms with E-state index in [4.69, 9.17) is 9.32 Å². The van der Waals surface area contributed by atoms with Gasteiger partial charge in [0.15, 0.2) is 0 Å². The van der Waals surface area contributed by atoms with Crippen molar-refractivity contribution >= 4 is 12.2 Å². The van der Waals surface area contributed by atoms with Crippen LogP contribution in [0.2, 0.25) is 0 Å². The van der Waals surface area contributed by atoms with Gasteiger partial charge in [0.05, 0.1) is 6.10 Å². The first-order valence-corrected chi connectivity index (χ1v) is 9.38. The quantitative estimate of drug-likeness (QED) is 0.476. The third-order valence-electron chi connectivity index (χ3n) is 6.85. The van der Waals surface area contributed by atoms with Crippen LogP contribution < -0.4 is 9.32 Å². The van der Waals surface area contributed by atoms with E-state index in [1.54, 1.807) is 0 Å². The van der Waals surface area contributed by atoms with Crippen molar-refractivity contribution in [2.24, 2.45) is 22.4 Å². The molecule has 1 aromatic rings. The highest BCUT2D eigenvalue weighted by Gasteiger charge is 2.53. The predicted molar refractivity (Wildman–Crippen MR) is 93.9 cm³/mol. The van der Waals surface area contributed by atoms with Gasteiger partial charge in [-0.15, -0.1) is 0 Å². The van der Waals surface area contributed by atoms with Crippen LogP contribution in [0.25, 0.3) is 0 Å². The molecule has 3 aliphatic carbocycles. The highest BCUT2D eigenvalue weighted by atomic mass is 32.2. The van der Waals surface area contributed by atoms with E-state index in [9.17, 15) is 5.11 Å². The summed E-state index contributed by atoms with van der Waals surface area (Å²) in [5.41, 5.74) is 4.09. The molecule has 0 spiro atoms. The largest absolute Gasteiger partial charge is 0.410 e. The minimum absolute atomic E-state index is 0.289. The zero-order valence-electron chi connectivity index (χ0n) is 13.6. The molecular weight excluding hydrogens is 306 g/mol. The number of nitrogens with two attached hydrogens (primary N) is 1. The van der Waals surface area contributed by atoms with Crippen LogP contribution in [0.5, 0.6) is 5.75 Å². The van der Waals surface area contributed by atoms with Crippen molar-refractivity contribution < 1.29 is 9.29 Å². The van der Waals surface area contributed by atoms with Crippen molar-refractivity contribution in [3.8, 4) is 5.75 Å². The monoisotopic (exact) mass is 331 g/mol. The van der Waals surface area contributed by atoms with Gasteiger partial charge >= 0.3 is 0 Å². The summed E-state index contributed by atoms with van der Waals surface area (Å²) in [5, 5.41) is 16.1. The van der Waals surface area contributed by atoms with Gasteiger partial charge in [-0.1, -0.05) is 25.1 Å².